The van der Waals surface area contributed by atoms with Gasteiger partial charge in [-0.05, 0) is 27.7 Å². The van der Waals surface area contributed by atoms with E-state index < -0.39 is 0 Å². The van der Waals surface area contributed by atoms with Crippen LogP contribution in [0.25, 0.3) is 0 Å². The molecule has 0 fully saturated rings. The Labute approximate surface area is 126 Å². The average molecular weight is 311 g/mol. The lowest BCUT2D eigenvalue weighted by Crippen LogP contribution is -2.23. The zero-order valence-corrected chi connectivity index (χ0v) is 13.7. The van der Waals surface area contributed by atoms with Gasteiger partial charge in [-0.25, -0.2) is 0 Å². The number of aromatic nitrogens is 4. The third-order valence-electron chi connectivity index (χ3n) is 2.91. The molecule has 0 unspecified atom stereocenters. The molecule has 0 aromatic carbocycles. The predicted molar refractivity (Wildman–Crippen MR) is 81.3 cm³/mol. The molecule has 0 aliphatic rings. The van der Waals surface area contributed by atoms with Gasteiger partial charge in [0.25, 0.3) is 0 Å². The van der Waals surface area contributed by atoms with Gasteiger partial charge >= 0.3 is 0 Å². The van der Waals surface area contributed by atoms with E-state index in [9.17, 15) is 4.79 Å². The van der Waals surface area contributed by atoms with Crippen molar-refractivity contribution in [3.63, 3.8) is 0 Å². The number of carbonyl (C=O) groups is 1. The van der Waals surface area contributed by atoms with Crippen LogP contribution in [-0.4, -0.2) is 31.1 Å². The summed E-state index contributed by atoms with van der Waals surface area (Å²) in [5, 5.41) is 15.9. The first-order chi connectivity index (χ1) is 9.38. The van der Waals surface area contributed by atoms with Gasteiger partial charge in [-0.15, -0.1) is 10.2 Å². The van der Waals surface area contributed by atoms with Crippen LogP contribution in [0.1, 0.15) is 23.3 Å². The normalized spacial score (nSPS) is 12.4. The highest BCUT2D eigenvalue weighted by Crippen LogP contribution is 2.27. The second-order valence-electron chi connectivity index (χ2n) is 4.51. The molecule has 0 radical (unpaired) electrons. The van der Waals surface area contributed by atoms with E-state index in [1.165, 1.54) is 23.1 Å². The van der Waals surface area contributed by atoms with Crippen molar-refractivity contribution in [1.29, 1.82) is 0 Å². The zero-order valence-electron chi connectivity index (χ0n) is 12.1. The van der Waals surface area contributed by atoms with Crippen molar-refractivity contribution in [2.45, 2.75) is 37.3 Å². The molecule has 2 heterocycles. The fourth-order valence-corrected chi connectivity index (χ4v) is 3.67. The molecule has 0 saturated carbocycles. The maximum Gasteiger partial charge on any atom is 0.237 e. The summed E-state index contributed by atoms with van der Waals surface area (Å²) in [7, 11) is 1.86. The SMILES string of the molecule is Cc1nnc(S[C@H](C)C(=O)Nc2c(C)nn(C)c2C)s1. The third-order valence-corrected chi connectivity index (χ3v) is 4.93. The van der Waals surface area contributed by atoms with Gasteiger partial charge in [0.1, 0.15) is 5.01 Å². The van der Waals surface area contributed by atoms with Crippen LogP contribution in [0, 0.1) is 20.8 Å². The van der Waals surface area contributed by atoms with Crippen molar-refractivity contribution in [2.75, 3.05) is 5.32 Å². The van der Waals surface area contributed by atoms with E-state index >= 15 is 0 Å². The minimum atomic E-state index is -0.235. The van der Waals surface area contributed by atoms with Crippen molar-refractivity contribution in [1.82, 2.24) is 20.0 Å². The standard InChI is InChI=1S/C12H17N5OS2/c1-6-10(7(2)17(5)16-6)13-11(18)8(3)19-12-15-14-9(4)20-12/h8H,1-5H3,(H,13,18)/t8-/m1/s1. The van der Waals surface area contributed by atoms with Crippen molar-refractivity contribution in [3.8, 4) is 0 Å². The van der Waals surface area contributed by atoms with Gasteiger partial charge in [-0.3, -0.25) is 9.48 Å². The molecule has 0 aliphatic carbocycles. The lowest BCUT2D eigenvalue weighted by atomic mass is 10.3. The monoisotopic (exact) mass is 311 g/mol. The average Bonchev–Trinajstić information content (AvgIpc) is 2.88. The first-order valence-corrected chi connectivity index (χ1v) is 7.86. The summed E-state index contributed by atoms with van der Waals surface area (Å²) in [5.74, 6) is -0.0537. The number of amides is 1. The van der Waals surface area contributed by atoms with Crippen LogP contribution >= 0.6 is 23.1 Å². The Kier molecular flexibility index (Phi) is 4.44. The van der Waals surface area contributed by atoms with Crippen LogP contribution in [0.15, 0.2) is 4.34 Å². The number of thioether (sulfide) groups is 1. The minimum Gasteiger partial charge on any atom is -0.322 e. The van der Waals surface area contributed by atoms with Crippen LogP contribution in [0.4, 0.5) is 5.69 Å². The first-order valence-electron chi connectivity index (χ1n) is 6.16. The number of carbonyl (C=O) groups excluding carboxylic acids is 1. The molecule has 20 heavy (non-hydrogen) atoms. The summed E-state index contributed by atoms with van der Waals surface area (Å²) in [6, 6.07) is 0. The first kappa shape index (κ1) is 15.0. The van der Waals surface area contributed by atoms with Gasteiger partial charge in [-0.2, -0.15) is 5.10 Å². The van der Waals surface area contributed by atoms with Crippen LogP contribution in [0.3, 0.4) is 0 Å². The summed E-state index contributed by atoms with van der Waals surface area (Å²) in [4.78, 5) is 12.2. The molecule has 2 aromatic rings. The van der Waals surface area contributed by atoms with Crippen LogP contribution < -0.4 is 5.32 Å². The van der Waals surface area contributed by atoms with Gasteiger partial charge in [0.15, 0.2) is 4.34 Å². The smallest absolute Gasteiger partial charge is 0.237 e. The number of hydrogen-bond acceptors (Lipinski definition) is 6. The number of aryl methyl sites for hydroxylation is 3. The van der Waals surface area contributed by atoms with E-state index in [0.717, 1.165) is 26.4 Å². The number of hydrogen-bond donors (Lipinski definition) is 1. The molecule has 0 bridgehead atoms. The van der Waals surface area contributed by atoms with E-state index in [0.29, 0.717) is 0 Å². The summed E-state index contributed by atoms with van der Waals surface area (Å²) >= 11 is 2.91. The number of nitrogens with one attached hydrogen (secondary N) is 1. The van der Waals surface area contributed by atoms with Crippen molar-refractivity contribution >= 4 is 34.7 Å². The highest BCUT2D eigenvalue weighted by Gasteiger charge is 2.19. The number of anilines is 1. The zero-order chi connectivity index (χ0) is 14.9. The summed E-state index contributed by atoms with van der Waals surface area (Å²) in [6.45, 7) is 7.57. The Hall–Kier alpha value is -1.41. The van der Waals surface area contributed by atoms with E-state index in [1.54, 1.807) is 4.68 Å². The molecule has 8 heteroatoms. The third kappa shape index (κ3) is 3.18. The van der Waals surface area contributed by atoms with E-state index in [-0.39, 0.29) is 11.2 Å². The van der Waals surface area contributed by atoms with Crippen molar-refractivity contribution in [2.24, 2.45) is 7.05 Å². The maximum absolute atomic E-state index is 12.2. The second kappa shape index (κ2) is 5.92. The molecule has 6 nitrogen and oxygen atoms in total. The minimum absolute atomic E-state index is 0.0537. The fourth-order valence-electron chi connectivity index (χ4n) is 1.71. The Balaban J connectivity index is 2.04. The van der Waals surface area contributed by atoms with Gasteiger partial charge in [0.2, 0.25) is 5.91 Å². The lowest BCUT2D eigenvalue weighted by molar-refractivity contribution is -0.115. The topological polar surface area (TPSA) is 72.7 Å². The Bertz CT molecular complexity index is 634. The molecule has 1 N–H and O–H groups in total. The Morgan fingerprint density at radius 2 is 2.05 bits per heavy atom. The molecule has 0 saturated heterocycles. The van der Waals surface area contributed by atoms with Gasteiger partial charge in [0.05, 0.1) is 22.3 Å². The summed E-state index contributed by atoms with van der Waals surface area (Å²) in [5.41, 5.74) is 2.56. The van der Waals surface area contributed by atoms with Crippen LogP contribution in [0.2, 0.25) is 0 Å². The lowest BCUT2D eigenvalue weighted by Gasteiger charge is -2.10. The molecule has 1 amide bonds. The molecule has 0 spiro atoms. The second-order valence-corrected chi connectivity index (χ2v) is 7.28. The van der Waals surface area contributed by atoms with Gasteiger partial charge in [-0.1, -0.05) is 23.1 Å². The number of rotatable bonds is 4. The molecular formula is C12H17N5OS2. The molecule has 108 valence electrons. The number of nitrogens with zero attached hydrogens (tertiary/aromatic N) is 4. The molecular weight excluding hydrogens is 294 g/mol. The largest absolute Gasteiger partial charge is 0.322 e. The Morgan fingerprint density at radius 1 is 1.35 bits per heavy atom. The van der Waals surface area contributed by atoms with Crippen molar-refractivity contribution < 1.29 is 4.79 Å². The van der Waals surface area contributed by atoms with E-state index in [2.05, 4.69) is 20.6 Å². The Morgan fingerprint density at radius 3 is 2.55 bits per heavy atom. The summed E-state index contributed by atoms with van der Waals surface area (Å²) in [6.07, 6.45) is 0. The van der Waals surface area contributed by atoms with E-state index in [1.807, 2.05) is 34.7 Å². The van der Waals surface area contributed by atoms with E-state index in [4.69, 9.17) is 0 Å². The van der Waals surface area contributed by atoms with Gasteiger partial charge in [0, 0.05) is 7.05 Å². The molecule has 2 aromatic heterocycles. The maximum atomic E-state index is 12.2. The van der Waals surface area contributed by atoms with Crippen LogP contribution in [-0.2, 0) is 11.8 Å². The van der Waals surface area contributed by atoms with Gasteiger partial charge < -0.3 is 5.32 Å². The highest BCUT2D eigenvalue weighted by molar-refractivity contribution is 8.02. The highest BCUT2D eigenvalue weighted by atomic mass is 32.2. The molecule has 1 atom stereocenters. The molecule has 2 rings (SSSR count). The molecule has 0 aliphatic heterocycles. The fraction of sp³-hybridized carbons (Fsp3) is 0.500. The predicted octanol–water partition coefficient (Wildman–Crippen LogP) is 2.32. The van der Waals surface area contributed by atoms with Crippen LogP contribution in [0.5, 0.6) is 0 Å². The van der Waals surface area contributed by atoms with Crippen molar-refractivity contribution in [3.05, 3.63) is 16.4 Å². The quantitative estimate of drug-likeness (QED) is 0.877. The summed E-state index contributed by atoms with van der Waals surface area (Å²) < 4.78 is 2.57.